The van der Waals surface area contributed by atoms with Crippen LogP contribution in [0.25, 0.3) is 0 Å². The highest BCUT2D eigenvalue weighted by atomic mass is 35.5. The first-order valence-electron chi connectivity index (χ1n) is 10.5. The van der Waals surface area contributed by atoms with Crippen LogP contribution in [0.4, 0.5) is 14.5 Å². The molecule has 7 nitrogen and oxygen atoms in total. The van der Waals surface area contributed by atoms with Gasteiger partial charge >= 0.3 is 0 Å². The third-order valence-corrected chi connectivity index (χ3v) is 6.42. The maximum atomic E-state index is 13.6. The molecule has 1 N–H and O–H groups in total. The molecular formula is C23H28ClF2N3O4S. The molecule has 0 aliphatic carbocycles. The monoisotopic (exact) mass is 515 g/mol. The van der Waals surface area contributed by atoms with Crippen LogP contribution in [-0.4, -0.2) is 50.5 Å². The molecule has 0 fully saturated rings. The lowest BCUT2D eigenvalue weighted by molar-refractivity contribution is -0.139. The Bertz CT molecular complexity index is 1130. The van der Waals surface area contributed by atoms with Gasteiger partial charge in [0.25, 0.3) is 0 Å². The summed E-state index contributed by atoms with van der Waals surface area (Å²) in [6.07, 6.45) is 0.903. The maximum absolute atomic E-state index is 13.6. The molecule has 0 aliphatic rings. The first-order valence-corrected chi connectivity index (χ1v) is 12.8. The fourth-order valence-corrected chi connectivity index (χ4v) is 4.09. The summed E-state index contributed by atoms with van der Waals surface area (Å²) in [7, 11) is -3.97. The molecule has 34 heavy (non-hydrogen) atoms. The topological polar surface area (TPSA) is 86.8 Å². The molecule has 0 radical (unpaired) electrons. The molecule has 2 aromatic carbocycles. The van der Waals surface area contributed by atoms with Crippen LogP contribution in [0.15, 0.2) is 42.5 Å². The third kappa shape index (κ3) is 7.66. The number of benzene rings is 2. The molecule has 186 valence electrons. The second-order valence-corrected chi connectivity index (χ2v) is 10.6. The lowest BCUT2D eigenvalue weighted by atomic mass is 10.1. The van der Waals surface area contributed by atoms with Gasteiger partial charge in [0, 0.05) is 13.1 Å². The van der Waals surface area contributed by atoms with E-state index >= 15 is 0 Å². The lowest BCUT2D eigenvalue weighted by Crippen LogP contribution is -2.51. The van der Waals surface area contributed by atoms with E-state index in [1.807, 2.05) is 13.8 Å². The summed E-state index contributed by atoms with van der Waals surface area (Å²) in [5.74, 6) is -2.11. The van der Waals surface area contributed by atoms with Crippen LogP contribution < -0.4 is 9.62 Å². The average Bonchev–Trinajstić information content (AvgIpc) is 2.76. The number of sulfonamides is 1. The number of carbonyl (C=O) groups is 2. The predicted octanol–water partition coefficient (Wildman–Crippen LogP) is 3.57. The molecule has 2 aromatic rings. The highest BCUT2D eigenvalue weighted by Gasteiger charge is 2.30. The Hall–Kier alpha value is -2.72. The number of anilines is 1. The standard InChI is InChI=1S/C23H28ClF2N3O4S/c1-15(2)12-27-23(31)16(3)28(13-17-5-7-18(25)8-6-17)22(30)14-29(34(4,32)33)19-9-10-21(26)20(24)11-19/h5-11,15-16H,12-14H2,1-4H3,(H,27,31)/t16-/m0/s1. The Morgan fingerprint density at radius 2 is 1.68 bits per heavy atom. The summed E-state index contributed by atoms with van der Waals surface area (Å²) < 4.78 is 52.6. The van der Waals surface area contributed by atoms with Gasteiger partial charge < -0.3 is 10.2 Å². The summed E-state index contributed by atoms with van der Waals surface area (Å²) in [4.78, 5) is 27.3. The Kier molecular flexibility index (Phi) is 9.40. The first kappa shape index (κ1) is 27.5. The summed E-state index contributed by atoms with van der Waals surface area (Å²) in [6, 6.07) is 7.75. The van der Waals surface area contributed by atoms with E-state index in [0.29, 0.717) is 12.1 Å². The molecule has 2 rings (SSSR count). The van der Waals surface area contributed by atoms with Gasteiger partial charge in [-0.2, -0.15) is 0 Å². The molecule has 2 amide bonds. The summed E-state index contributed by atoms with van der Waals surface area (Å²) >= 11 is 5.80. The number of carbonyl (C=O) groups excluding carboxylic acids is 2. The van der Waals surface area contributed by atoms with Crippen LogP contribution >= 0.6 is 11.6 Å². The molecule has 1 atom stereocenters. The van der Waals surface area contributed by atoms with Crippen molar-refractivity contribution < 1.29 is 26.8 Å². The fourth-order valence-electron chi connectivity index (χ4n) is 3.08. The second kappa shape index (κ2) is 11.6. The van der Waals surface area contributed by atoms with Crippen molar-refractivity contribution in [3.8, 4) is 0 Å². The van der Waals surface area contributed by atoms with Crippen LogP contribution in [0, 0.1) is 17.6 Å². The lowest BCUT2D eigenvalue weighted by Gasteiger charge is -2.31. The zero-order chi connectivity index (χ0) is 25.6. The Balaban J connectivity index is 2.37. The largest absolute Gasteiger partial charge is 0.354 e. The minimum Gasteiger partial charge on any atom is -0.354 e. The van der Waals surface area contributed by atoms with E-state index in [1.165, 1.54) is 42.2 Å². The van der Waals surface area contributed by atoms with E-state index in [0.717, 1.165) is 22.7 Å². The SMILES string of the molecule is CC(C)CNC(=O)[C@H](C)N(Cc1ccc(F)cc1)C(=O)CN(c1ccc(F)c(Cl)c1)S(C)(=O)=O. The second-order valence-electron chi connectivity index (χ2n) is 8.33. The zero-order valence-corrected chi connectivity index (χ0v) is 21.0. The molecule has 0 bridgehead atoms. The molecular weight excluding hydrogens is 488 g/mol. The molecule has 0 heterocycles. The van der Waals surface area contributed by atoms with E-state index < -0.39 is 46.1 Å². The summed E-state index contributed by atoms with van der Waals surface area (Å²) in [5, 5.41) is 2.45. The third-order valence-electron chi connectivity index (χ3n) is 4.99. The molecule has 11 heteroatoms. The van der Waals surface area contributed by atoms with Gasteiger partial charge in [0.1, 0.15) is 24.2 Å². The zero-order valence-electron chi connectivity index (χ0n) is 19.4. The number of amides is 2. The van der Waals surface area contributed by atoms with E-state index in [-0.39, 0.29) is 23.2 Å². The van der Waals surface area contributed by atoms with Crippen LogP contribution in [0.5, 0.6) is 0 Å². The van der Waals surface area contributed by atoms with Crippen molar-refractivity contribution in [3.05, 3.63) is 64.7 Å². The van der Waals surface area contributed by atoms with E-state index in [2.05, 4.69) is 5.32 Å². The minimum atomic E-state index is -3.97. The quantitative estimate of drug-likeness (QED) is 0.524. The summed E-state index contributed by atoms with van der Waals surface area (Å²) in [5.41, 5.74) is 0.551. The molecule has 0 spiro atoms. The Morgan fingerprint density at radius 3 is 2.21 bits per heavy atom. The van der Waals surface area contributed by atoms with Crippen LogP contribution in [0.2, 0.25) is 5.02 Å². The summed E-state index contributed by atoms with van der Waals surface area (Å²) in [6.45, 7) is 5.05. The van der Waals surface area contributed by atoms with E-state index in [9.17, 15) is 26.8 Å². The van der Waals surface area contributed by atoms with E-state index in [1.54, 1.807) is 0 Å². The van der Waals surface area contributed by atoms with Gasteiger partial charge in [-0.15, -0.1) is 0 Å². The number of nitrogens with one attached hydrogen (secondary N) is 1. The molecule has 0 aromatic heterocycles. The smallest absolute Gasteiger partial charge is 0.244 e. The average molecular weight is 516 g/mol. The molecule has 0 saturated heterocycles. The number of halogens is 3. The van der Waals surface area contributed by atoms with Crippen molar-refractivity contribution >= 4 is 39.1 Å². The highest BCUT2D eigenvalue weighted by molar-refractivity contribution is 7.92. The van der Waals surface area contributed by atoms with Crippen molar-refractivity contribution in [1.82, 2.24) is 10.2 Å². The van der Waals surface area contributed by atoms with Crippen molar-refractivity contribution in [2.24, 2.45) is 5.92 Å². The van der Waals surface area contributed by atoms with Crippen molar-refractivity contribution in [2.45, 2.75) is 33.4 Å². The van der Waals surface area contributed by atoms with Gasteiger partial charge in [0.15, 0.2) is 0 Å². The first-order chi connectivity index (χ1) is 15.8. The maximum Gasteiger partial charge on any atom is 0.244 e. The van der Waals surface area contributed by atoms with Gasteiger partial charge in [-0.1, -0.05) is 37.6 Å². The van der Waals surface area contributed by atoms with Gasteiger partial charge in [-0.05, 0) is 48.7 Å². The van der Waals surface area contributed by atoms with Gasteiger partial charge in [-0.3, -0.25) is 13.9 Å². The number of hydrogen-bond donors (Lipinski definition) is 1. The fraction of sp³-hybridized carbons (Fsp3) is 0.391. The van der Waals surface area contributed by atoms with E-state index in [4.69, 9.17) is 11.6 Å². The van der Waals surface area contributed by atoms with Crippen molar-refractivity contribution in [2.75, 3.05) is 23.7 Å². The van der Waals surface area contributed by atoms with Gasteiger partial charge in [0.05, 0.1) is 17.0 Å². The van der Waals surface area contributed by atoms with Crippen molar-refractivity contribution in [1.29, 1.82) is 0 Å². The molecule has 0 unspecified atom stereocenters. The number of rotatable bonds is 10. The van der Waals surface area contributed by atoms with Crippen LogP contribution in [0.1, 0.15) is 26.3 Å². The highest BCUT2D eigenvalue weighted by Crippen LogP contribution is 2.25. The minimum absolute atomic E-state index is 0.000828. The molecule has 0 aliphatic heterocycles. The Labute approximate surface area is 203 Å². The number of nitrogens with zero attached hydrogens (tertiary/aromatic N) is 2. The van der Waals surface area contributed by atoms with Crippen molar-refractivity contribution in [3.63, 3.8) is 0 Å². The van der Waals surface area contributed by atoms with Crippen LogP contribution in [-0.2, 0) is 26.2 Å². The normalized spacial score (nSPS) is 12.4. The van der Waals surface area contributed by atoms with Gasteiger partial charge in [0.2, 0.25) is 21.8 Å². The van der Waals surface area contributed by atoms with Gasteiger partial charge in [-0.25, -0.2) is 17.2 Å². The molecule has 0 saturated carbocycles. The number of hydrogen-bond acceptors (Lipinski definition) is 4. The predicted molar refractivity (Wildman–Crippen MR) is 128 cm³/mol. The van der Waals surface area contributed by atoms with Crippen LogP contribution in [0.3, 0.4) is 0 Å². The Morgan fingerprint density at radius 1 is 1.06 bits per heavy atom.